The summed E-state index contributed by atoms with van der Waals surface area (Å²) in [5, 5.41) is 6.72. The molecule has 0 spiro atoms. The number of hydrogen-bond donors (Lipinski definition) is 2. The first-order chi connectivity index (χ1) is 5.83. The Bertz CT molecular complexity index is 250. The van der Waals surface area contributed by atoms with Gasteiger partial charge in [-0.15, -0.1) is 0 Å². The van der Waals surface area contributed by atoms with E-state index < -0.39 is 0 Å². The molecule has 0 aliphatic carbocycles. The second-order valence-corrected chi connectivity index (χ2v) is 3.30. The average molecular weight is 292 g/mol. The number of nitrogens with one attached hydrogen (secondary N) is 2. The first-order valence-electron chi connectivity index (χ1n) is 3.49. The molecule has 0 radical (unpaired) electrons. The summed E-state index contributed by atoms with van der Waals surface area (Å²) in [6.45, 7) is 0. The topological polar surface area (TPSA) is 24.1 Å². The van der Waals surface area contributed by atoms with E-state index in [2.05, 4.69) is 33.2 Å². The fourth-order valence-corrected chi connectivity index (χ4v) is 1.59. The van der Waals surface area contributed by atoms with E-state index in [1.54, 1.807) is 0 Å². The molecule has 1 aromatic carbocycles. The van der Waals surface area contributed by atoms with Crippen molar-refractivity contribution < 1.29 is 0 Å². The quantitative estimate of drug-likeness (QED) is 0.379. The third-order valence-electron chi connectivity index (χ3n) is 1.26. The smallest absolute Gasteiger partial charge is 0.171 e. The van der Waals surface area contributed by atoms with Gasteiger partial charge in [0.15, 0.2) is 5.11 Å². The van der Waals surface area contributed by atoms with Gasteiger partial charge in [-0.3, -0.25) is 0 Å². The van der Waals surface area contributed by atoms with Gasteiger partial charge in [0.1, 0.15) is 0 Å². The Kier molecular flexibility index (Phi) is 4.31. The molecule has 0 aliphatic heterocycles. The largest absolute Gasteiger partial charge is 0.354 e. The zero-order chi connectivity index (χ0) is 8.81. The van der Waals surface area contributed by atoms with Gasteiger partial charge in [0, 0.05) is 5.69 Å². The molecule has 2 N–H and O–H groups in total. The Morgan fingerprint density at radius 3 is 2.58 bits per heavy atom. The molecule has 0 heterocycles. The van der Waals surface area contributed by atoms with E-state index in [4.69, 9.17) is 12.2 Å². The summed E-state index contributed by atoms with van der Waals surface area (Å²) in [7, 11) is 0. The minimum Gasteiger partial charge on any atom is -0.354 e. The number of thiocarbonyl (C=S) groups is 1. The minimum atomic E-state index is 0.663. The molecule has 12 heavy (non-hydrogen) atoms. The molecule has 0 bridgehead atoms. The second-order valence-electron chi connectivity index (χ2n) is 2.13. The van der Waals surface area contributed by atoms with Crippen LogP contribution in [0.1, 0.15) is 0 Å². The van der Waals surface area contributed by atoms with E-state index in [1.807, 2.05) is 30.3 Å². The molecule has 1 rings (SSSR count). The van der Waals surface area contributed by atoms with Crippen LogP contribution in [0.2, 0.25) is 0 Å². The predicted molar refractivity (Wildman–Crippen MR) is 64.7 cm³/mol. The van der Waals surface area contributed by atoms with Gasteiger partial charge in [-0.1, -0.05) is 40.8 Å². The first kappa shape index (κ1) is 9.73. The molecule has 1 aromatic rings. The second kappa shape index (κ2) is 5.31. The molecule has 4 heteroatoms. The molecule has 0 saturated carbocycles. The molecule has 0 unspecified atom stereocenters. The molecule has 2 nitrogen and oxygen atoms in total. The Labute approximate surface area is 90.9 Å². The Balaban J connectivity index is 2.47. The van der Waals surface area contributed by atoms with Crippen molar-refractivity contribution in [1.29, 1.82) is 0 Å². The van der Waals surface area contributed by atoms with E-state index in [0.717, 1.165) is 10.2 Å². The van der Waals surface area contributed by atoms with Crippen molar-refractivity contribution in [2.45, 2.75) is 0 Å². The Morgan fingerprint density at radius 1 is 1.33 bits per heavy atom. The van der Waals surface area contributed by atoms with Gasteiger partial charge in [-0.25, -0.2) is 0 Å². The zero-order valence-corrected chi connectivity index (χ0v) is 9.35. The SMILES string of the molecule is S=C(NCI)Nc1ccccc1. The van der Waals surface area contributed by atoms with Crippen LogP contribution in [0.25, 0.3) is 0 Å². The van der Waals surface area contributed by atoms with Crippen LogP contribution in [0.3, 0.4) is 0 Å². The Morgan fingerprint density at radius 2 is 2.00 bits per heavy atom. The highest BCUT2D eigenvalue weighted by molar-refractivity contribution is 14.1. The maximum absolute atomic E-state index is 5.01. The van der Waals surface area contributed by atoms with Crippen LogP contribution in [0.4, 0.5) is 5.69 Å². The standard InChI is InChI=1S/C8H9IN2S/c9-6-10-8(12)11-7-4-2-1-3-5-7/h1-5H,6H2,(H2,10,11,12). The van der Waals surface area contributed by atoms with Crippen molar-refractivity contribution >= 4 is 45.6 Å². The highest BCUT2D eigenvalue weighted by atomic mass is 127. The van der Waals surface area contributed by atoms with Crippen molar-refractivity contribution in [2.75, 3.05) is 9.87 Å². The third kappa shape index (κ3) is 3.36. The number of rotatable bonds is 2. The average Bonchev–Trinajstić information content (AvgIpc) is 2.06. The summed E-state index contributed by atoms with van der Waals surface area (Å²) in [6, 6.07) is 9.85. The van der Waals surface area contributed by atoms with Crippen LogP contribution in [-0.2, 0) is 0 Å². The van der Waals surface area contributed by atoms with Gasteiger partial charge in [0.05, 0.1) is 4.55 Å². The third-order valence-corrected chi connectivity index (χ3v) is 1.89. The van der Waals surface area contributed by atoms with Crippen LogP contribution in [0.5, 0.6) is 0 Å². The predicted octanol–water partition coefficient (Wildman–Crippen LogP) is 2.37. The van der Waals surface area contributed by atoms with Crippen LogP contribution in [0, 0.1) is 0 Å². The maximum Gasteiger partial charge on any atom is 0.171 e. The fourth-order valence-electron chi connectivity index (χ4n) is 0.757. The van der Waals surface area contributed by atoms with Gasteiger partial charge < -0.3 is 10.6 Å². The lowest BCUT2D eigenvalue weighted by Gasteiger charge is -2.06. The van der Waals surface area contributed by atoms with Gasteiger partial charge in [0.25, 0.3) is 0 Å². The lowest BCUT2D eigenvalue weighted by atomic mass is 10.3. The number of anilines is 1. The van der Waals surface area contributed by atoms with Crippen molar-refractivity contribution in [3.05, 3.63) is 30.3 Å². The molecule has 0 fully saturated rings. The molecule has 0 amide bonds. The number of hydrogen-bond acceptors (Lipinski definition) is 1. The number of para-hydroxylation sites is 1. The van der Waals surface area contributed by atoms with E-state index in [9.17, 15) is 0 Å². The van der Waals surface area contributed by atoms with Gasteiger partial charge in [-0.05, 0) is 24.4 Å². The molecule has 0 saturated heterocycles. The number of halogens is 1. The van der Waals surface area contributed by atoms with E-state index in [-0.39, 0.29) is 0 Å². The maximum atomic E-state index is 5.01. The number of benzene rings is 1. The minimum absolute atomic E-state index is 0.663. The van der Waals surface area contributed by atoms with E-state index in [0.29, 0.717) is 5.11 Å². The normalized spacial score (nSPS) is 9.08. The molecular formula is C8H9IN2S. The van der Waals surface area contributed by atoms with Crippen molar-refractivity contribution in [1.82, 2.24) is 5.32 Å². The lowest BCUT2D eigenvalue weighted by Crippen LogP contribution is -2.26. The first-order valence-corrected chi connectivity index (χ1v) is 5.42. The van der Waals surface area contributed by atoms with E-state index >= 15 is 0 Å². The zero-order valence-electron chi connectivity index (χ0n) is 6.38. The summed E-state index contributed by atoms with van der Waals surface area (Å²) in [6.07, 6.45) is 0. The highest BCUT2D eigenvalue weighted by Gasteiger charge is 1.92. The molecule has 64 valence electrons. The summed E-state index contributed by atoms with van der Waals surface area (Å²) in [5.41, 5.74) is 1.01. The van der Waals surface area contributed by atoms with Crippen molar-refractivity contribution in [2.24, 2.45) is 0 Å². The summed E-state index contributed by atoms with van der Waals surface area (Å²) in [4.78, 5) is 0. The highest BCUT2D eigenvalue weighted by Crippen LogP contribution is 2.04. The van der Waals surface area contributed by atoms with Crippen molar-refractivity contribution in [3.63, 3.8) is 0 Å². The van der Waals surface area contributed by atoms with Gasteiger partial charge in [0.2, 0.25) is 0 Å². The number of alkyl halides is 1. The molecule has 0 atom stereocenters. The fraction of sp³-hybridized carbons (Fsp3) is 0.125. The van der Waals surface area contributed by atoms with Crippen LogP contribution in [0.15, 0.2) is 30.3 Å². The van der Waals surface area contributed by atoms with Crippen LogP contribution in [-0.4, -0.2) is 9.66 Å². The van der Waals surface area contributed by atoms with Gasteiger partial charge in [-0.2, -0.15) is 0 Å². The lowest BCUT2D eigenvalue weighted by molar-refractivity contribution is 1.18. The van der Waals surface area contributed by atoms with Crippen LogP contribution >= 0.6 is 34.8 Å². The molecular weight excluding hydrogens is 283 g/mol. The summed E-state index contributed by atoms with van der Waals surface area (Å²) in [5.74, 6) is 0. The Hall–Kier alpha value is -0.360. The van der Waals surface area contributed by atoms with Crippen LogP contribution < -0.4 is 10.6 Å². The van der Waals surface area contributed by atoms with Gasteiger partial charge >= 0.3 is 0 Å². The molecule has 0 aliphatic rings. The van der Waals surface area contributed by atoms with E-state index in [1.165, 1.54) is 0 Å². The van der Waals surface area contributed by atoms with Crippen molar-refractivity contribution in [3.8, 4) is 0 Å². The monoisotopic (exact) mass is 292 g/mol. The summed E-state index contributed by atoms with van der Waals surface area (Å²) < 4.78 is 0.816. The summed E-state index contributed by atoms with van der Waals surface area (Å²) >= 11 is 7.21. The molecule has 0 aromatic heterocycles.